The molecule has 0 radical (unpaired) electrons. The molecule has 3 N–H and O–H groups in total. The average Bonchev–Trinajstić information content (AvgIpc) is 3.00. The molecule has 2 aliphatic rings. The Labute approximate surface area is 119 Å². The molecule has 2 bridgehead atoms. The number of carboxylic acid groups (broad SMARTS) is 1. The average molecular weight is 274 g/mol. The summed E-state index contributed by atoms with van der Waals surface area (Å²) in [6.45, 7) is 1.05. The summed E-state index contributed by atoms with van der Waals surface area (Å²) in [5, 5.41) is 9.00. The molecule has 1 aromatic carbocycles. The van der Waals surface area contributed by atoms with Gasteiger partial charge in [-0.2, -0.15) is 0 Å². The minimum absolute atomic E-state index is 0.182. The fourth-order valence-corrected chi connectivity index (χ4v) is 4.04. The predicted octanol–water partition coefficient (Wildman–Crippen LogP) is 2.84. The molecule has 108 valence electrons. The molecule has 0 heterocycles. The molecule has 2 fully saturated rings. The number of hydrogen-bond acceptors (Lipinski definition) is 3. The van der Waals surface area contributed by atoms with Crippen LogP contribution in [0.5, 0.6) is 0 Å². The molecule has 0 aromatic heterocycles. The molecule has 20 heavy (non-hydrogen) atoms. The summed E-state index contributed by atoms with van der Waals surface area (Å²) in [5.74, 6) is 1.68. The van der Waals surface area contributed by atoms with Gasteiger partial charge in [0, 0.05) is 25.0 Å². The lowest BCUT2D eigenvalue weighted by molar-refractivity contribution is 0.0698. The summed E-state index contributed by atoms with van der Waals surface area (Å²) < 4.78 is 0. The second-order valence-electron chi connectivity index (χ2n) is 6.39. The summed E-state index contributed by atoms with van der Waals surface area (Å²) in [4.78, 5) is 13.2. The highest BCUT2D eigenvalue weighted by molar-refractivity contribution is 5.94. The van der Waals surface area contributed by atoms with Gasteiger partial charge in [-0.05, 0) is 55.2 Å². The molecule has 4 nitrogen and oxygen atoms in total. The van der Waals surface area contributed by atoms with Gasteiger partial charge in [0.2, 0.25) is 0 Å². The number of nitrogen functional groups attached to an aromatic ring is 1. The summed E-state index contributed by atoms with van der Waals surface area (Å²) in [6, 6.07) is 5.23. The van der Waals surface area contributed by atoms with E-state index in [0.717, 1.165) is 30.0 Å². The molecule has 0 aliphatic heterocycles. The van der Waals surface area contributed by atoms with Crippen molar-refractivity contribution in [2.45, 2.75) is 25.7 Å². The van der Waals surface area contributed by atoms with Crippen LogP contribution in [-0.2, 0) is 0 Å². The lowest BCUT2D eigenvalue weighted by Gasteiger charge is -2.28. The number of rotatable bonds is 4. The Morgan fingerprint density at radius 3 is 2.75 bits per heavy atom. The lowest BCUT2D eigenvalue weighted by Crippen LogP contribution is -2.28. The van der Waals surface area contributed by atoms with Crippen molar-refractivity contribution < 1.29 is 9.90 Å². The summed E-state index contributed by atoms with van der Waals surface area (Å²) in [5.41, 5.74) is 7.36. The van der Waals surface area contributed by atoms with Crippen molar-refractivity contribution in [3.8, 4) is 0 Å². The van der Waals surface area contributed by atoms with Crippen LogP contribution in [0.15, 0.2) is 18.2 Å². The minimum Gasteiger partial charge on any atom is -0.478 e. The number of hydrogen-bond donors (Lipinski definition) is 2. The maximum atomic E-state index is 11.0. The fourth-order valence-electron chi connectivity index (χ4n) is 4.04. The molecular weight excluding hydrogens is 252 g/mol. The molecule has 4 heteroatoms. The fraction of sp³-hybridized carbons (Fsp3) is 0.562. The Bertz CT molecular complexity index is 529. The van der Waals surface area contributed by atoms with Gasteiger partial charge >= 0.3 is 5.97 Å². The van der Waals surface area contributed by atoms with Crippen molar-refractivity contribution in [1.82, 2.24) is 0 Å². The van der Waals surface area contributed by atoms with Crippen LogP contribution in [0.1, 0.15) is 36.0 Å². The normalized spacial score (nSPS) is 27.8. The topological polar surface area (TPSA) is 66.6 Å². The molecule has 0 saturated heterocycles. The van der Waals surface area contributed by atoms with Crippen LogP contribution in [0.4, 0.5) is 11.4 Å². The van der Waals surface area contributed by atoms with E-state index in [2.05, 4.69) is 11.9 Å². The third-order valence-corrected chi connectivity index (χ3v) is 5.10. The first-order valence-corrected chi connectivity index (χ1v) is 7.38. The zero-order chi connectivity index (χ0) is 14.3. The van der Waals surface area contributed by atoms with Crippen molar-refractivity contribution in [3.63, 3.8) is 0 Å². The number of nitrogens with zero attached hydrogens (tertiary/aromatic N) is 1. The van der Waals surface area contributed by atoms with E-state index >= 15 is 0 Å². The molecule has 2 saturated carbocycles. The summed E-state index contributed by atoms with van der Waals surface area (Å²) in [6.07, 6.45) is 5.59. The van der Waals surface area contributed by atoms with Gasteiger partial charge < -0.3 is 15.7 Å². The molecule has 2 aliphatic carbocycles. The van der Waals surface area contributed by atoms with E-state index in [0.29, 0.717) is 5.69 Å². The highest BCUT2D eigenvalue weighted by atomic mass is 16.4. The highest BCUT2D eigenvalue weighted by Crippen LogP contribution is 2.48. The van der Waals surface area contributed by atoms with E-state index in [1.807, 2.05) is 6.07 Å². The Kier molecular flexibility index (Phi) is 3.32. The van der Waals surface area contributed by atoms with Crippen molar-refractivity contribution in [2.75, 3.05) is 24.2 Å². The van der Waals surface area contributed by atoms with Gasteiger partial charge in [-0.15, -0.1) is 0 Å². The third-order valence-electron chi connectivity index (χ3n) is 5.10. The number of benzene rings is 1. The van der Waals surface area contributed by atoms with Crippen LogP contribution in [0.3, 0.4) is 0 Å². The number of carbonyl (C=O) groups is 1. The van der Waals surface area contributed by atoms with Gasteiger partial charge in [-0.1, -0.05) is 6.42 Å². The SMILES string of the molecule is CN(CC1CC2CCC1C2)c1ccc(C(=O)O)c(N)c1. The Balaban J connectivity index is 1.69. The molecule has 0 spiro atoms. The summed E-state index contributed by atoms with van der Waals surface area (Å²) in [7, 11) is 2.07. The number of aromatic carboxylic acids is 1. The molecule has 3 atom stereocenters. The number of nitrogens with two attached hydrogens (primary N) is 1. The first-order chi connectivity index (χ1) is 9.54. The zero-order valence-electron chi connectivity index (χ0n) is 11.9. The smallest absolute Gasteiger partial charge is 0.337 e. The van der Waals surface area contributed by atoms with Crippen LogP contribution in [0, 0.1) is 17.8 Å². The molecule has 3 unspecified atom stereocenters. The monoisotopic (exact) mass is 274 g/mol. The zero-order valence-corrected chi connectivity index (χ0v) is 11.9. The van der Waals surface area contributed by atoms with Crippen LogP contribution < -0.4 is 10.6 Å². The largest absolute Gasteiger partial charge is 0.478 e. The van der Waals surface area contributed by atoms with Crippen LogP contribution in [0.2, 0.25) is 0 Å². The molecular formula is C16H22N2O2. The van der Waals surface area contributed by atoms with E-state index in [-0.39, 0.29) is 5.56 Å². The summed E-state index contributed by atoms with van der Waals surface area (Å²) >= 11 is 0. The quantitative estimate of drug-likeness (QED) is 0.829. The van der Waals surface area contributed by atoms with Crippen molar-refractivity contribution in [2.24, 2.45) is 17.8 Å². The number of fused-ring (bicyclic) bond motifs is 2. The van der Waals surface area contributed by atoms with E-state index in [9.17, 15) is 4.79 Å². The predicted molar refractivity (Wildman–Crippen MR) is 80.0 cm³/mol. The number of anilines is 2. The first-order valence-electron chi connectivity index (χ1n) is 7.38. The van der Waals surface area contributed by atoms with Crippen LogP contribution >= 0.6 is 0 Å². The Morgan fingerprint density at radius 2 is 2.20 bits per heavy atom. The van der Waals surface area contributed by atoms with Gasteiger partial charge in [0.1, 0.15) is 0 Å². The van der Waals surface area contributed by atoms with E-state index in [1.54, 1.807) is 12.1 Å². The Hall–Kier alpha value is -1.71. The highest BCUT2D eigenvalue weighted by Gasteiger charge is 2.39. The van der Waals surface area contributed by atoms with Crippen molar-refractivity contribution in [3.05, 3.63) is 23.8 Å². The van der Waals surface area contributed by atoms with E-state index < -0.39 is 5.97 Å². The lowest BCUT2D eigenvalue weighted by atomic mass is 9.88. The molecule has 1 aromatic rings. The van der Waals surface area contributed by atoms with Gasteiger partial charge in [-0.25, -0.2) is 4.79 Å². The second kappa shape index (κ2) is 5.00. The second-order valence-corrected chi connectivity index (χ2v) is 6.39. The van der Waals surface area contributed by atoms with E-state index in [4.69, 9.17) is 10.8 Å². The van der Waals surface area contributed by atoms with Gasteiger partial charge in [0.25, 0.3) is 0 Å². The third kappa shape index (κ3) is 2.35. The Morgan fingerprint density at radius 1 is 1.40 bits per heavy atom. The molecule has 3 rings (SSSR count). The standard InChI is InChI=1S/C16H22N2O2/c1-18(9-12-7-10-2-3-11(12)6-10)13-4-5-14(16(19)20)15(17)8-13/h4-5,8,10-12H,2-3,6-7,9,17H2,1H3,(H,19,20). The van der Waals surface area contributed by atoms with Gasteiger partial charge in [0.05, 0.1) is 5.56 Å². The maximum absolute atomic E-state index is 11.0. The minimum atomic E-state index is -0.968. The van der Waals surface area contributed by atoms with Crippen LogP contribution in [0.25, 0.3) is 0 Å². The van der Waals surface area contributed by atoms with Gasteiger partial charge in [0.15, 0.2) is 0 Å². The van der Waals surface area contributed by atoms with E-state index in [1.165, 1.54) is 25.7 Å². The van der Waals surface area contributed by atoms with Gasteiger partial charge in [-0.3, -0.25) is 0 Å². The van der Waals surface area contributed by atoms with Crippen molar-refractivity contribution in [1.29, 1.82) is 0 Å². The first kappa shape index (κ1) is 13.3. The number of carboxylic acids is 1. The maximum Gasteiger partial charge on any atom is 0.337 e. The van der Waals surface area contributed by atoms with Crippen LogP contribution in [-0.4, -0.2) is 24.7 Å². The van der Waals surface area contributed by atoms with Crippen molar-refractivity contribution >= 4 is 17.3 Å². The molecule has 0 amide bonds.